The van der Waals surface area contributed by atoms with E-state index in [1.165, 1.54) is 12.8 Å². The Labute approximate surface area is 453 Å². The Balaban J connectivity index is 2.73. The van der Waals surface area contributed by atoms with Crippen LogP contribution in [0.1, 0.15) is 213 Å². The van der Waals surface area contributed by atoms with Crippen LogP contribution >= 0.6 is 0 Å². The second-order valence-electron chi connectivity index (χ2n) is 19.2. The fourth-order valence-electron chi connectivity index (χ4n) is 7.92. The molecule has 3 N–H and O–H groups in total. The molecule has 75 heavy (non-hydrogen) atoms. The standard InChI is InChI=1S/C63H100O12/c1-4-7-10-13-16-19-22-24-26-27-28-29-31-32-35-37-40-43-46-49-55(64)71-52-54(73-56(65)50-47-44-41-39-36-33-30-25-23-20-17-14-11-8-5-2)53-72-63-61(59(68)58(67)60(75-63)62(69)70)74-57(66)51-48-45-42-38-34-21-18-15-12-9-6-3/h7-8,10-11,15-20,24-26,28-30,36,39,54,58-61,63,67-68H,4-6,9,12-14,21-23,27,31-35,37-38,40-53H2,1-3H3,(H,69,70)/b10-7-,11-8-,18-15-,19-16-,20-17-,26-24-,29-28-,30-25-,39-36-. The van der Waals surface area contributed by atoms with Gasteiger partial charge in [-0.05, 0) is 116 Å². The lowest BCUT2D eigenvalue weighted by atomic mass is 9.98. The number of aliphatic hydroxyl groups is 2. The zero-order valence-electron chi connectivity index (χ0n) is 46.5. The van der Waals surface area contributed by atoms with E-state index in [4.69, 9.17) is 23.7 Å². The maximum Gasteiger partial charge on any atom is 0.335 e. The van der Waals surface area contributed by atoms with Crippen LogP contribution in [-0.2, 0) is 42.9 Å². The summed E-state index contributed by atoms with van der Waals surface area (Å²) in [6.45, 7) is 5.65. The van der Waals surface area contributed by atoms with Gasteiger partial charge in [0.15, 0.2) is 24.6 Å². The molecular weight excluding hydrogens is 949 g/mol. The molecule has 424 valence electrons. The predicted molar refractivity (Wildman–Crippen MR) is 303 cm³/mol. The highest BCUT2D eigenvalue weighted by atomic mass is 16.7. The maximum absolute atomic E-state index is 13.1. The van der Waals surface area contributed by atoms with Crippen LogP contribution in [0.4, 0.5) is 0 Å². The summed E-state index contributed by atoms with van der Waals surface area (Å²) in [5.41, 5.74) is 0. The van der Waals surface area contributed by atoms with E-state index in [1.807, 2.05) is 0 Å². The molecule has 1 fully saturated rings. The van der Waals surface area contributed by atoms with Crippen LogP contribution in [0.3, 0.4) is 0 Å². The van der Waals surface area contributed by atoms with Crippen molar-refractivity contribution in [2.75, 3.05) is 13.2 Å². The third-order valence-corrected chi connectivity index (χ3v) is 12.3. The first-order valence-corrected chi connectivity index (χ1v) is 28.9. The van der Waals surface area contributed by atoms with Crippen LogP contribution in [0, 0.1) is 0 Å². The summed E-state index contributed by atoms with van der Waals surface area (Å²) in [4.78, 5) is 51.0. The summed E-state index contributed by atoms with van der Waals surface area (Å²) >= 11 is 0. The van der Waals surface area contributed by atoms with Gasteiger partial charge in [0.1, 0.15) is 18.8 Å². The van der Waals surface area contributed by atoms with Crippen LogP contribution in [-0.4, -0.2) is 89.2 Å². The number of carbonyl (C=O) groups is 4. The number of carbonyl (C=O) groups excluding carboxylic acids is 3. The maximum atomic E-state index is 13.1. The summed E-state index contributed by atoms with van der Waals surface area (Å²) in [5, 5.41) is 31.4. The van der Waals surface area contributed by atoms with Crippen molar-refractivity contribution in [1.29, 1.82) is 0 Å². The number of unbranched alkanes of at least 4 members (excludes halogenated alkanes) is 15. The molecule has 12 nitrogen and oxygen atoms in total. The van der Waals surface area contributed by atoms with Gasteiger partial charge in [0.05, 0.1) is 6.61 Å². The Hall–Kier alpha value is -4.62. The number of carboxylic acids is 1. The molecule has 1 aliphatic heterocycles. The molecule has 0 aromatic heterocycles. The normalized spacial score (nSPS) is 19.0. The Morgan fingerprint density at radius 1 is 0.453 bits per heavy atom. The molecule has 0 saturated carbocycles. The molecule has 1 heterocycles. The molecule has 12 heteroatoms. The van der Waals surface area contributed by atoms with Gasteiger partial charge >= 0.3 is 23.9 Å². The second-order valence-corrected chi connectivity index (χ2v) is 19.2. The molecule has 1 saturated heterocycles. The number of aliphatic carboxylic acids is 1. The highest BCUT2D eigenvalue weighted by Gasteiger charge is 2.50. The molecule has 0 spiro atoms. The van der Waals surface area contributed by atoms with Gasteiger partial charge < -0.3 is 39.0 Å². The number of hydrogen-bond acceptors (Lipinski definition) is 11. The van der Waals surface area contributed by atoms with Gasteiger partial charge in [0, 0.05) is 19.3 Å². The minimum absolute atomic E-state index is 0.0382. The highest BCUT2D eigenvalue weighted by Crippen LogP contribution is 2.26. The second kappa shape index (κ2) is 50.2. The van der Waals surface area contributed by atoms with E-state index >= 15 is 0 Å². The summed E-state index contributed by atoms with van der Waals surface area (Å²) in [6, 6.07) is 0. The zero-order valence-corrected chi connectivity index (χ0v) is 46.5. The van der Waals surface area contributed by atoms with Crippen molar-refractivity contribution < 1.29 is 58.2 Å². The van der Waals surface area contributed by atoms with Crippen LogP contribution in [0.25, 0.3) is 0 Å². The molecule has 0 bridgehead atoms. The van der Waals surface area contributed by atoms with E-state index in [2.05, 4.69) is 130 Å². The molecule has 1 aliphatic rings. The van der Waals surface area contributed by atoms with Crippen LogP contribution in [0.5, 0.6) is 0 Å². The van der Waals surface area contributed by atoms with E-state index in [0.29, 0.717) is 19.3 Å². The Kier molecular flexibility index (Phi) is 45.8. The Bertz CT molecular complexity index is 1720. The highest BCUT2D eigenvalue weighted by molar-refractivity contribution is 5.74. The first kappa shape index (κ1) is 68.4. The van der Waals surface area contributed by atoms with Crippen LogP contribution < -0.4 is 0 Å². The third kappa shape index (κ3) is 40.3. The average Bonchev–Trinajstić information content (AvgIpc) is 3.39. The Morgan fingerprint density at radius 2 is 0.840 bits per heavy atom. The first-order valence-electron chi connectivity index (χ1n) is 28.9. The summed E-state index contributed by atoms with van der Waals surface area (Å²) in [6.07, 6.45) is 55.0. The minimum atomic E-state index is -1.92. The van der Waals surface area contributed by atoms with Gasteiger partial charge in [-0.25, -0.2) is 4.79 Å². The number of esters is 3. The Morgan fingerprint density at radius 3 is 1.32 bits per heavy atom. The summed E-state index contributed by atoms with van der Waals surface area (Å²) in [5.74, 6) is -3.22. The monoisotopic (exact) mass is 1050 g/mol. The molecule has 0 aromatic rings. The van der Waals surface area contributed by atoms with Gasteiger partial charge in [-0.1, -0.05) is 188 Å². The number of aliphatic hydroxyl groups excluding tert-OH is 2. The van der Waals surface area contributed by atoms with Crippen molar-refractivity contribution in [3.05, 3.63) is 109 Å². The molecule has 0 aliphatic carbocycles. The van der Waals surface area contributed by atoms with E-state index in [1.54, 1.807) is 0 Å². The van der Waals surface area contributed by atoms with E-state index < -0.39 is 67.3 Å². The van der Waals surface area contributed by atoms with E-state index in [9.17, 15) is 34.5 Å². The molecule has 0 radical (unpaired) electrons. The number of carboxylic acid groups (broad SMARTS) is 1. The van der Waals surface area contributed by atoms with Gasteiger partial charge in [-0.3, -0.25) is 14.4 Å². The van der Waals surface area contributed by atoms with Crippen molar-refractivity contribution in [2.24, 2.45) is 0 Å². The van der Waals surface area contributed by atoms with Gasteiger partial charge in [-0.15, -0.1) is 0 Å². The molecule has 1 rings (SSSR count). The number of hydrogen-bond donors (Lipinski definition) is 3. The van der Waals surface area contributed by atoms with Gasteiger partial charge in [0.2, 0.25) is 0 Å². The van der Waals surface area contributed by atoms with Gasteiger partial charge in [-0.2, -0.15) is 0 Å². The number of allylic oxidation sites excluding steroid dienone is 18. The van der Waals surface area contributed by atoms with E-state index in [-0.39, 0.29) is 25.9 Å². The van der Waals surface area contributed by atoms with E-state index in [0.717, 1.165) is 141 Å². The lowest BCUT2D eigenvalue weighted by molar-refractivity contribution is -0.301. The van der Waals surface area contributed by atoms with Crippen molar-refractivity contribution >= 4 is 23.9 Å². The zero-order chi connectivity index (χ0) is 54.7. The lowest BCUT2D eigenvalue weighted by Gasteiger charge is -2.40. The van der Waals surface area contributed by atoms with Gasteiger partial charge in [0.25, 0.3) is 0 Å². The molecular formula is C63H100O12. The molecule has 0 aromatic carbocycles. The molecule has 0 amide bonds. The minimum Gasteiger partial charge on any atom is -0.479 e. The van der Waals surface area contributed by atoms with Crippen LogP contribution in [0.15, 0.2) is 109 Å². The van der Waals surface area contributed by atoms with Crippen molar-refractivity contribution in [1.82, 2.24) is 0 Å². The van der Waals surface area contributed by atoms with Crippen molar-refractivity contribution in [2.45, 2.75) is 250 Å². The quantitative estimate of drug-likeness (QED) is 0.0228. The summed E-state index contributed by atoms with van der Waals surface area (Å²) in [7, 11) is 0. The number of ether oxygens (including phenoxy) is 5. The first-order chi connectivity index (χ1) is 36.6. The predicted octanol–water partition coefficient (Wildman–Crippen LogP) is 14.7. The van der Waals surface area contributed by atoms with Crippen molar-refractivity contribution in [3.8, 4) is 0 Å². The number of rotatable bonds is 47. The van der Waals surface area contributed by atoms with Crippen molar-refractivity contribution in [3.63, 3.8) is 0 Å². The topological polar surface area (TPSA) is 175 Å². The smallest absolute Gasteiger partial charge is 0.335 e. The third-order valence-electron chi connectivity index (χ3n) is 12.3. The largest absolute Gasteiger partial charge is 0.479 e. The van der Waals surface area contributed by atoms with Crippen LogP contribution in [0.2, 0.25) is 0 Å². The molecule has 6 atom stereocenters. The fraction of sp³-hybridized carbons (Fsp3) is 0.651. The summed E-state index contributed by atoms with van der Waals surface area (Å²) < 4.78 is 28.3. The SMILES string of the molecule is CC/C=C\C/C=C\C/C=C\C/C=C\CCCCCCCCC(=O)OCC(COC1OC(C(=O)O)C(O)C(O)C1OC(=O)CCCCCCC/C=C\CCCC)OC(=O)CCCC/C=C\C/C=C\C/C=C\C/C=C\CC. The average molecular weight is 1050 g/mol. The molecule has 6 unspecified atom stereocenters. The fourth-order valence-corrected chi connectivity index (χ4v) is 7.92. The lowest BCUT2D eigenvalue weighted by Crippen LogP contribution is -2.61.